The molecule has 0 aromatic rings. The molecule has 0 saturated carbocycles. The van der Waals surface area contributed by atoms with Gasteiger partial charge >= 0.3 is 39.5 Å². The molecule has 2 unspecified atom stereocenters. The second-order valence-corrected chi connectivity index (χ2v) is 32.2. The molecule has 0 radical (unpaired) electrons. The van der Waals surface area contributed by atoms with Gasteiger partial charge in [0.05, 0.1) is 26.4 Å². The van der Waals surface area contributed by atoms with Crippen molar-refractivity contribution in [2.24, 2.45) is 5.92 Å². The van der Waals surface area contributed by atoms with E-state index in [-0.39, 0.29) is 25.7 Å². The molecule has 0 spiro atoms. The number of rotatable bonds is 80. The van der Waals surface area contributed by atoms with Crippen molar-refractivity contribution in [1.29, 1.82) is 0 Å². The number of carbonyl (C=O) groups excluding carboxylic acids is 4. The number of ether oxygens (including phenoxy) is 4. The Morgan fingerprint density at radius 3 is 0.687 bits per heavy atom. The summed E-state index contributed by atoms with van der Waals surface area (Å²) < 4.78 is 68.6. The van der Waals surface area contributed by atoms with Gasteiger partial charge in [0.15, 0.2) is 12.2 Å². The SMILES string of the molecule is CCCCCCCCCCCCCCCCCCCCCCCC(=O)O[C@H](COC(=O)CCCCCCCCCCCCCCCCCCCC)COP(=O)(O)OC[C@@H](O)COP(=O)(O)OC[C@@H](COC(=O)CCCCCCCCCCCC)OC(=O)CCCCCCCCCC(C)C. The summed E-state index contributed by atoms with van der Waals surface area (Å²) in [6.07, 6.45) is 64.1. The third-order valence-corrected chi connectivity index (χ3v) is 20.7. The highest BCUT2D eigenvalue weighted by atomic mass is 31.2. The van der Waals surface area contributed by atoms with E-state index in [0.717, 1.165) is 89.9 Å². The monoisotopic (exact) mass is 1450 g/mol. The lowest BCUT2D eigenvalue weighted by atomic mass is 10.0. The lowest BCUT2D eigenvalue weighted by Crippen LogP contribution is -2.30. The van der Waals surface area contributed by atoms with Crippen LogP contribution in [-0.4, -0.2) is 96.7 Å². The average Bonchev–Trinajstić information content (AvgIpc) is 1.04. The van der Waals surface area contributed by atoms with E-state index in [1.165, 1.54) is 250 Å². The Balaban J connectivity index is 5.19. The van der Waals surface area contributed by atoms with Crippen LogP contribution in [0.15, 0.2) is 0 Å². The van der Waals surface area contributed by atoms with Crippen molar-refractivity contribution in [2.75, 3.05) is 39.6 Å². The zero-order valence-electron chi connectivity index (χ0n) is 64.6. The van der Waals surface area contributed by atoms with Crippen LogP contribution in [0.3, 0.4) is 0 Å². The molecule has 0 aliphatic rings. The fraction of sp³-hybridized carbons (Fsp3) is 0.950. The van der Waals surface area contributed by atoms with E-state index in [9.17, 15) is 43.2 Å². The molecule has 17 nitrogen and oxygen atoms in total. The summed E-state index contributed by atoms with van der Waals surface area (Å²) in [5.74, 6) is -1.42. The summed E-state index contributed by atoms with van der Waals surface area (Å²) in [6, 6.07) is 0. The number of aliphatic hydroxyl groups is 1. The molecule has 0 fully saturated rings. The first-order valence-corrected chi connectivity index (χ1v) is 44.6. The fourth-order valence-corrected chi connectivity index (χ4v) is 14.0. The maximum atomic E-state index is 13.1. The number of hydrogen-bond acceptors (Lipinski definition) is 15. The van der Waals surface area contributed by atoms with E-state index in [1.54, 1.807) is 0 Å². The van der Waals surface area contributed by atoms with Crippen molar-refractivity contribution < 1.29 is 80.2 Å². The van der Waals surface area contributed by atoms with Gasteiger partial charge < -0.3 is 33.8 Å². The molecular weight excluding hydrogens is 1290 g/mol. The van der Waals surface area contributed by atoms with Gasteiger partial charge in [-0.25, -0.2) is 9.13 Å². The number of phosphoric acid groups is 2. The molecule has 588 valence electrons. The molecule has 0 aliphatic heterocycles. The minimum absolute atomic E-state index is 0.104. The topological polar surface area (TPSA) is 237 Å². The summed E-state index contributed by atoms with van der Waals surface area (Å²) in [5, 5.41) is 10.6. The number of hydrogen-bond donors (Lipinski definition) is 3. The molecule has 0 bridgehead atoms. The first-order valence-electron chi connectivity index (χ1n) is 41.6. The van der Waals surface area contributed by atoms with Crippen LogP contribution in [0.25, 0.3) is 0 Å². The minimum atomic E-state index is -4.96. The Morgan fingerprint density at radius 2 is 0.465 bits per heavy atom. The number of esters is 4. The van der Waals surface area contributed by atoms with E-state index in [1.807, 2.05) is 0 Å². The van der Waals surface area contributed by atoms with Gasteiger partial charge in [0.1, 0.15) is 19.3 Å². The Bertz CT molecular complexity index is 1890. The average molecular weight is 1450 g/mol. The van der Waals surface area contributed by atoms with E-state index in [4.69, 9.17) is 37.0 Å². The van der Waals surface area contributed by atoms with Gasteiger partial charge in [-0.05, 0) is 31.6 Å². The number of aliphatic hydroxyl groups excluding tert-OH is 1. The van der Waals surface area contributed by atoms with Crippen LogP contribution in [0.1, 0.15) is 426 Å². The number of phosphoric ester groups is 2. The first kappa shape index (κ1) is 97.1. The lowest BCUT2D eigenvalue weighted by Gasteiger charge is -2.21. The molecule has 0 aromatic carbocycles. The van der Waals surface area contributed by atoms with Crippen LogP contribution in [0.2, 0.25) is 0 Å². The van der Waals surface area contributed by atoms with Crippen molar-refractivity contribution >= 4 is 39.5 Å². The summed E-state index contributed by atoms with van der Waals surface area (Å²) in [7, 11) is -9.91. The molecule has 5 atom stereocenters. The van der Waals surface area contributed by atoms with Crippen molar-refractivity contribution in [3.8, 4) is 0 Å². The third kappa shape index (κ3) is 74.1. The Hall–Kier alpha value is -1.94. The van der Waals surface area contributed by atoms with Gasteiger partial charge in [-0.1, -0.05) is 375 Å². The largest absolute Gasteiger partial charge is 0.472 e. The summed E-state index contributed by atoms with van der Waals surface area (Å²) in [4.78, 5) is 72.9. The fourth-order valence-electron chi connectivity index (χ4n) is 12.4. The maximum absolute atomic E-state index is 13.1. The quantitative estimate of drug-likeness (QED) is 0.0222. The van der Waals surface area contributed by atoms with E-state index in [0.29, 0.717) is 31.6 Å². The van der Waals surface area contributed by atoms with Crippen LogP contribution in [0, 0.1) is 5.92 Å². The van der Waals surface area contributed by atoms with E-state index < -0.39 is 97.5 Å². The van der Waals surface area contributed by atoms with Crippen LogP contribution in [-0.2, 0) is 65.4 Å². The zero-order chi connectivity index (χ0) is 72.7. The van der Waals surface area contributed by atoms with Crippen molar-refractivity contribution in [3.05, 3.63) is 0 Å². The lowest BCUT2D eigenvalue weighted by molar-refractivity contribution is -0.161. The van der Waals surface area contributed by atoms with Gasteiger partial charge in [0.2, 0.25) is 0 Å². The highest BCUT2D eigenvalue weighted by Crippen LogP contribution is 2.45. The maximum Gasteiger partial charge on any atom is 0.472 e. The van der Waals surface area contributed by atoms with Gasteiger partial charge in [-0.2, -0.15) is 0 Å². The smallest absolute Gasteiger partial charge is 0.462 e. The van der Waals surface area contributed by atoms with Crippen molar-refractivity contribution in [3.63, 3.8) is 0 Å². The molecule has 0 aromatic heterocycles. The molecule has 0 amide bonds. The molecule has 0 saturated heterocycles. The zero-order valence-corrected chi connectivity index (χ0v) is 66.4. The molecule has 99 heavy (non-hydrogen) atoms. The standard InChI is InChI=1S/C80H156O17P2/c1-6-9-12-15-18-21-24-26-28-30-32-33-34-36-38-40-42-45-50-55-60-65-79(84)96-75(69-91-78(83)64-59-54-49-44-41-39-37-35-31-29-27-25-22-19-16-13-10-7-2)71-94-98(86,87)92-67-74(81)68-93-99(88,89)95-72-76(97-80(85)66-61-56-51-46-47-52-57-62-73(4)5)70-90-77(82)63-58-53-48-43-23-20-17-14-11-8-3/h73-76,81H,6-72H2,1-5H3,(H,86,87)(H,88,89)/t74-,75-,76-/m1/s1. The van der Waals surface area contributed by atoms with Gasteiger partial charge in [-0.15, -0.1) is 0 Å². The normalized spacial score (nSPS) is 13.9. The summed E-state index contributed by atoms with van der Waals surface area (Å²) >= 11 is 0. The highest BCUT2D eigenvalue weighted by Gasteiger charge is 2.30. The van der Waals surface area contributed by atoms with Gasteiger partial charge in [0.25, 0.3) is 0 Å². The predicted molar refractivity (Wildman–Crippen MR) is 405 cm³/mol. The molecule has 3 N–H and O–H groups in total. The van der Waals surface area contributed by atoms with Crippen LogP contribution < -0.4 is 0 Å². The van der Waals surface area contributed by atoms with Gasteiger partial charge in [0, 0.05) is 25.7 Å². The second kappa shape index (κ2) is 73.0. The van der Waals surface area contributed by atoms with Gasteiger partial charge in [-0.3, -0.25) is 37.3 Å². The second-order valence-electron chi connectivity index (χ2n) is 29.3. The molecule has 0 rings (SSSR count). The predicted octanol–water partition coefficient (Wildman–Crippen LogP) is 24.0. The summed E-state index contributed by atoms with van der Waals surface area (Å²) in [5.41, 5.74) is 0. The molecule has 19 heteroatoms. The molecular formula is C80H156O17P2. The number of carbonyl (C=O) groups is 4. The number of unbranched alkanes of at least 4 members (excludes halogenated alkanes) is 52. The Kier molecular flexibility index (Phi) is 71.6. The summed E-state index contributed by atoms with van der Waals surface area (Å²) in [6.45, 7) is 7.24. The van der Waals surface area contributed by atoms with Crippen LogP contribution in [0.4, 0.5) is 0 Å². The highest BCUT2D eigenvalue weighted by molar-refractivity contribution is 7.47. The van der Waals surface area contributed by atoms with Crippen LogP contribution in [0.5, 0.6) is 0 Å². The third-order valence-electron chi connectivity index (χ3n) is 18.8. The Labute approximate surface area is 607 Å². The van der Waals surface area contributed by atoms with Crippen LogP contribution >= 0.6 is 15.6 Å². The molecule has 0 aliphatic carbocycles. The van der Waals surface area contributed by atoms with E-state index >= 15 is 0 Å². The molecule has 0 heterocycles. The van der Waals surface area contributed by atoms with Crippen molar-refractivity contribution in [1.82, 2.24) is 0 Å². The first-order chi connectivity index (χ1) is 48.0. The Morgan fingerprint density at radius 1 is 0.273 bits per heavy atom. The minimum Gasteiger partial charge on any atom is -0.462 e. The van der Waals surface area contributed by atoms with Crippen molar-refractivity contribution in [2.45, 2.75) is 445 Å². The van der Waals surface area contributed by atoms with E-state index in [2.05, 4.69) is 34.6 Å².